The summed E-state index contributed by atoms with van der Waals surface area (Å²) in [4.78, 5) is 25.9. The predicted molar refractivity (Wildman–Crippen MR) is 91.6 cm³/mol. The molecule has 0 aliphatic heterocycles. The Morgan fingerprint density at radius 3 is 2.87 bits per heavy atom. The van der Waals surface area contributed by atoms with Gasteiger partial charge in [0.1, 0.15) is 5.69 Å². The van der Waals surface area contributed by atoms with E-state index in [9.17, 15) is 4.79 Å². The summed E-state index contributed by atoms with van der Waals surface area (Å²) in [6.07, 6.45) is 3.58. The molecule has 0 spiro atoms. The van der Waals surface area contributed by atoms with E-state index >= 15 is 0 Å². The molecule has 3 N–H and O–H groups in total. The molecule has 2 aromatic rings. The normalized spacial score (nSPS) is 10.8. The highest BCUT2D eigenvalue weighted by atomic mass is 16.1. The van der Waals surface area contributed by atoms with Gasteiger partial charge in [-0.2, -0.15) is 0 Å². The Labute approximate surface area is 136 Å². The van der Waals surface area contributed by atoms with Gasteiger partial charge in [-0.25, -0.2) is 9.97 Å². The molecule has 7 heteroatoms. The fourth-order valence-electron chi connectivity index (χ4n) is 2.13. The molecule has 23 heavy (non-hydrogen) atoms. The van der Waals surface area contributed by atoms with Gasteiger partial charge in [-0.1, -0.05) is 0 Å². The van der Waals surface area contributed by atoms with Crippen molar-refractivity contribution >= 4 is 11.9 Å². The van der Waals surface area contributed by atoms with Gasteiger partial charge in [0.2, 0.25) is 5.95 Å². The van der Waals surface area contributed by atoms with Gasteiger partial charge in [-0.15, -0.1) is 0 Å². The van der Waals surface area contributed by atoms with Crippen molar-refractivity contribution in [2.24, 2.45) is 0 Å². The summed E-state index contributed by atoms with van der Waals surface area (Å²) in [7, 11) is 3.94. The summed E-state index contributed by atoms with van der Waals surface area (Å²) < 4.78 is 0. The minimum Gasteiger partial charge on any atom is -0.357 e. The van der Waals surface area contributed by atoms with E-state index < -0.39 is 0 Å². The molecule has 124 valence electrons. The van der Waals surface area contributed by atoms with Crippen LogP contribution in [0.2, 0.25) is 0 Å². The Kier molecular flexibility index (Phi) is 5.70. The molecule has 2 aromatic heterocycles. The largest absolute Gasteiger partial charge is 0.357 e. The minimum absolute atomic E-state index is 0.114. The maximum atomic E-state index is 12.1. The molecule has 0 aliphatic rings. The van der Waals surface area contributed by atoms with Crippen molar-refractivity contribution in [3.63, 3.8) is 0 Å². The summed E-state index contributed by atoms with van der Waals surface area (Å²) in [5.41, 5.74) is 3.19. The van der Waals surface area contributed by atoms with Crippen LogP contribution in [0.25, 0.3) is 11.3 Å². The quantitative estimate of drug-likeness (QED) is 0.721. The molecule has 0 bridgehead atoms. The van der Waals surface area contributed by atoms with Gasteiger partial charge >= 0.3 is 0 Å². The second-order valence-corrected chi connectivity index (χ2v) is 5.62. The fourth-order valence-corrected chi connectivity index (χ4v) is 2.13. The molecule has 0 atom stereocenters. The number of carbonyl (C=O) groups excluding carboxylic acids is 1. The first-order valence-corrected chi connectivity index (χ1v) is 7.70. The Morgan fingerprint density at radius 2 is 2.17 bits per heavy atom. The zero-order valence-corrected chi connectivity index (χ0v) is 14.1. The first-order valence-electron chi connectivity index (χ1n) is 7.70. The lowest BCUT2D eigenvalue weighted by atomic mass is 10.1. The van der Waals surface area contributed by atoms with Crippen LogP contribution in [0.3, 0.4) is 0 Å². The van der Waals surface area contributed by atoms with Crippen molar-refractivity contribution in [2.45, 2.75) is 13.8 Å². The summed E-state index contributed by atoms with van der Waals surface area (Å²) in [5.74, 6) is 0.475. The fraction of sp³-hybridized carbons (Fsp3) is 0.438. The molecular formula is C16H24N6O. The highest BCUT2D eigenvalue weighted by Crippen LogP contribution is 2.22. The van der Waals surface area contributed by atoms with Gasteiger partial charge in [0.15, 0.2) is 0 Å². The van der Waals surface area contributed by atoms with Gasteiger partial charge in [-0.05, 0) is 39.6 Å². The molecule has 0 aromatic carbocycles. The van der Waals surface area contributed by atoms with Crippen LogP contribution in [0.4, 0.5) is 5.95 Å². The van der Waals surface area contributed by atoms with E-state index in [1.807, 2.05) is 38.9 Å². The second kappa shape index (κ2) is 7.73. The molecule has 0 radical (unpaired) electrons. The molecule has 0 unspecified atom stereocenters. The number of aromatic nitrogens is 3. The van der Waals surface area contributed by atoms with Crippen LogP contribution < -0.4 is 10.6 Å². The number of amides is 1. The number of anilines is 1. The number of hydrogen-bond acceptors (Lipinski definition) is 5. The molecule has 7 nitrogen and oxygen atoms in total. The van der Waals surface area contributed by atoms with Crippen LogP contribution in [0.15, 0.2) is 18.5 Å². The molecule has 0 saturated carbocycles. The van der Waals surface area contributed by atoms with Gasteiger partial charge in [0.25, 0.3) is 5.91 Å². The number of aromatic amines is 1. The Balaban J connectivity index is 2.12. The number of nitrogens with one attached hydrogen (secondary N) is 3. The van der Waals surface area contributed by atoms with E-state index in [2.05, 4.69) is 25.6 Å². The summed E-state index contributed by atoms with van der Waals surface area (Å²) in [5, 5.41) is 5.98. The monoisotopic (exact) mass is 316 g/mol. The average Bonchev–Trinajstić information content (AvgIpc) is 2.99. The number of carbonyl (C=O) groups is 1. The molecular weight excluding hydrogens is 292 g/mol. The second-order valence-electron chi connectivity index (χ2n) is 5.62. The SMILES string of the molecule is CCNc1ncc(C)c(-c2c[nH]c(C(=O)NCCN(C)C)c2)n1. The van der Waals surface area contributed by atoms with Gasteiger partial charge in [0, 0.05) is 37.6 Å². The third-order valence-electron chi connectivity index (χ3n) is 3.35. The molecule has 0 aliphatic carbocycles. The average molecular weight is 316 g/mol. The van der Waals surface area contributed by atoms with Crippen molar-refractivity contribution in [3.05, 3.63) is 29.7 Å². The topological polar surface area (TPSA) is 85.9 Å². The number of aryl methyl sites for hydroxylation is 1. The number of hydrogen-bond donors (Lipinski definition) is 3. The molecule has 2 heterocycles. The van der Waals surface area contributed by atoms with E-state index in [0.717, 1.165) is 29.9 Å². The molecule has 1 amide bonds. The lowest BCUT2D eigenvalue weighted by Crippen LogP contribution is -2.31. The van der Waals surface area contributed by atoms with Crippen molar-refractivity contribution < 1.29 is 4.79 Å². The molecule has 0 fully saturated rings. The number of rotatable bonds is 7. The third-order valence-corrected chi connectivity index (χ3v) is 3.35. The van der Waals surface area contributed by atoms with E-state index in [0.29, 0.717) is 18.2 Å². The van der Waals surface area contributed by atoms with Crippen LogP contribution in [-0.4, -0.2) is 59.5 Å². The van der Waals surface area contributed by atoms with Crippen LogP contribution in [-0.2, 0) is 0 Å². The van der Waals surface area contributed by atoms with Crippen molar-refractivity contribution in [2.75, 3.05) is 39.0 Å². The van der Waals surface area contributed by atoms with Crippen LogP contribution >= 0.6 is 0 Å². The third kappa shape index (κ3) is 4.53. The Bertz CT molecular complexity index is 664. The van der Waals surface area contributed by atoms with E-state index in [1.165, 1.54) is 0 Å². The summed E-state index contributed by atoms with van der Waals surface area (Å²) >= 11 is 0. The highest BCUT2D eigenvalue weighted by molar-refractivity contribution is 5.93. The lowest BCUT2D eigenvalue weighted by Gasteiger charge is -2.09. The first-order chi connectivity index (χ1) is 11.0. The minimum atomic E-state index is -0.114. The zero-order chi connectivity index (χ0) is 16.8. The number of likely N-dealkylation sites (N-methyl/N-ethyl adjacent to an activating group) is 1. The Morgan fingerprint density at radius 1 is 1.39 bits per heavy atom. The van der Waals surface area contributed by atoms with E-state index in [4.69, 9.17) is 0 Å². The highest BCUT2D eigenvalue weighted by Gasteiger charge is 2.12. The lowest BCUT2D eigenvalue weighted by molar-refractivity contribution is 0.0946. The van der Waals surface area contributed by atoms with Crippen molar-refractivity contribution in [1.29, 1.82) is 0 Å². The molecule has 0 saturated heterocycles. The maximum absolute atomic E-state index is 12.1. The zero-order valence-electron chi connectivity index (χ0n) is 14.1. The van der Waals surface area contributed by atoms with Crippen LogP contribution in [0.1, 0.15) is 23.0 Å². The standard InChI is InChI=1S/C16H24N6O/c1-5-17-16-20-9-11(2)14(21-16)12-8-13(19-10-12)15(23)18-6-7-22(3)4/h8-10,19H,5-7H2,1-4H3,(H,18,23)(H,17,20,21). The van der Waals surface area contributed by atoms with Gasteiger partial charge in [0.05, 0.1) is 5.69 Å². The summed E-state index contributed by atoms with van der Waals surface area (Å²) in [6, 6.07) is 1.82. The Hall–Kier alpha value is -2.41. The summed E-state index contributed by atoms with van der Waals surface area (Å²) in [6.45, 7) is 6.12. The predicted octanol–water partition coefficient (Wildman–Crippen LogP) is 1.50. The van der Waals surface area contributed by atoms with Crippen LogP contribution in [0, 0.1) is 6.92 Å². The van der Waals surface area contributed by atoms with E-state index in [-0.39, 0.29) is 5.91 Å². The number of nitrogens with zero attached hydrogens (tertiary/aromatic N) is 3. The van der Waals surface area contributed by atoms with Gasteiger partial charge in [-0.3, -0.25) is 4.79 Å². The maximum Gasteiger partial charge on any atom is 0.267 e. The van der Waals surface area contributed by atoms with Crippen LogP contribution in [0.5, 0.6) is 0 Å². The first kappa shape index (κ1) is 17.0. The smallest absolute Gasteiger partial charge is 0.267 e. The van der Waals surface area contributed by atoms with Crippen molar-refractivity contribution in [3.8, 4) is 11.3 Å². The molecule has 2 rings (SSSR count). The number of H-pyrrole nitrogens is 1. The van der Waals surface area contributed by atoms with E-state index in [1.54, 1.807) is 12.4 Å². The van der Waals surface area contributed by atoms with Gasteiger partial charge < -0.3 is 20.5 Å². The van der Waals surface area contributed by atoms with Crippen molar-refractivity contribution in [1.82, 2.24) is 25.2 Å².